The van der Waals surface area contributed by atoms with E-state index in [0.29, 0.717) is 25.5 Å². The van der Waals surface area contributed by atoms with Crippen LogP contribution in [0.2, 0.25) is 0 Å². The molecule has 1 heterocycles. The fourth-order valence-corrected chi connectivity index (χ4v) is 2.29. The summed E-state index contributed by atoms with van der Waals surface area (Å²) in [6.07, 6.45) is 0. The summed E-state index contributed by atoms with van der Waals surface area (Å²) in [5.74, 6) is 2.28. The average molecular weight is 338 g/mol. The molecule has 0 saturated carbocycles. The molecular weight excluding hydrogens is 316 g/mol. The molecule has 0 atom stereocenters. The molecular formula is C20H22N2O3. The van der Waals surface area contributed by atoms with Crippen molar-refractivity contribution in [2.45, 2.75) is 26.7 Å². The third-order valence-electron chi connectivity index (χ3n) is 3.62. The Labute approximate surface area is 147 Å². The molecule has 3 aromatic rings. The lowest BCUT2D eigenvalue weighted by Crippen LogP contribution is -2.11. The number of nitrogens with one attached hydrogen (secondary N) is 1. The lowest BCUT2D eigenvalue weighted by atomic mass is 10.2. The van der Waals surface area contributed by atoms with Gasteiger partial charge in [0.1, 0.15) is 24.7 Å². The standard InChI is InChI=1S/C20H22N2O3/c1-2-21-13-17-12-20(25-22-17)15-24-19-10-8-18(9-11-19)23-14-16-6-4-3-5-7-16/h3-12,21H,2,13-15H2,1H3. The Balaban J connectivity index is 1.46. The van der Waals surface area contributed by atoms with E-state index in [9.17, 15) is 0 Å². The van der Waals surface area contributed by atoms with Crippen molar-refractivity contribution in [1.82, 2.24) is 10.5 Å². The van der Waals surface area contributed by atoms with E-state index in [2.05, 4.69) is 17.4 Å². The summed E-state index contributed by atoms with van der Waals surface area (Å²) in [5.41, 5.74) is 2.02. The van der Waals surface area contributed by atoms with Crippen LogP contribution in [0, 0.1) is 0 Å². The summed E-state index contributed by atoms with van der Waals surface area (Å²) < 4.78 is 16.7. The second kappa shape index (κ2) is 8.89. The molecule has 0 aliphatic heterocycles. The minimum Gasteiger partial charge on any atom is -0.489 e. The molecule has 0 bridgehead atoms. The Kier molecular flexibility index (Phi) is 6.06. The second-order valence-corrected chi connectivity index (χ2v) is 5.60. The van der Waals surface area contributed by atoms with E-state index >= 15 is 0 Å². The fraction of sp³-hybridized carbons (Fsp3) is 0.250. The minimum absolute atomic E-state index is 0.351. The highest BCUT2D eigenvalue weighted by Gasteiger charge is 2.05. The zero-order valence-corrected chi connectivity index (χ0v) is 14.3. The number of nitrogens with zero attached hydrogens (tertiary/aromatic N) is 1. The molecule has 5 heteroatoms. The van der Waals surface area contributed by atoms with E-state index < -0.39 is 0 Å². The number of rotatable bonds is 9. The van der Waals surface area contributed by atoms with Crippen molar-refractivity contribution in [1.29, 1.82) is 0 Å². The summed E-state index contributed by atoms with van der Waals surface area (Å²) in [5, 5.41) is 7.20. The smallest absolute Gasteiger partial charge is 0.174 e. The third kappa shape index (κ3) is 5.36. The maximum atomic E-state index is 5.76. The second-order valence-electron chi connectivity index (χ2n) is 5.60. The molecule has 2 aromatic carbocycles. The normalized spacial score (nSPS) is 10.6. The molecule has 0 aliphatic carbocycles. The molecule has 5 nitrogen and oxygen atoms in total. The van der Waals surface area contributed by atoms with E-state index in [-0.39, 0.29) is 0 Å². The number of hydrogen-bond acceptors (Lipinski definition) is 5. The molecule has 0 radical (unpaired) electrons. The number of hydrogen-bond donors (Lipinski definition) is 1. The molecule has 25 heavy (non-hydrogen) atoms. The van der Waals surface area contributed by atoms with Gasteiger partial charge in [-0.2, -0.15) is 0 Å². The van der Waals surface area contributed by atoms with Crippen molar-refractivity contribution in [3.05, 3.63) is 77.7 Å². The van der Waals surface area contributed by atoms with Crippen LogP contribution in [0.15, 0.2) is 65.2 Å². The van der Waals surface area contributed by atoms with Gasteiger partial charge in [0, 0.05) is 12.6 Å². The lowest BCUT2D eigenvalue weighted by molar-refractivity contribution is 0.247. The van der Waals surface area contributed by atoms with Crippen molar-refractivity contribution < 1.29 is 14.0 Å². The first-order valence-electron chi connectivity index (χ1n) is 8.38. The molecule has 0 fully saturated rings. The van der Waals surface area contributed by atoms with Crippen molar-refractivity contribution in [3.8, 4) is 11.5 Å². The van der Waals surface area contributed by atoms with Gasteiger partial charge in [0.25, 0.3) is 0 Å². The van der Waals surface area contributed by atoms with Gasteiger partial charge in [0.15, 0.2) is 5.76 Å². The Morgan fingerprint density at radius 1 is 0.920 bits per heavy atom. The van der Waals surface area contributed by atoms with E-state index in [1.165, 1.54) is 0 Å². The minimum atomic E-state index is 0.351. The van der Waals surface area contributed by atoms with Crippen molar-refractivity contribution in [3.63, 3.8) is 0 Å². The first kappa shape index (κ1) is 17.0. The molecule has 1 aromatic heterocycles. The zero-order valence-electron chi connectivity index (χ0n) is 14.3. The van der Waals surface area contributed by atoms with E-state index in [4.69, 9.17) is 14.0 Å². The van der Waals surface area contributed by atoms with Crippen LogP contribution in [0.3, 0.4) is 0 Å². The van der Waals surface area contributed by atoms with Crippen molar-refractivity contribution in [2.24, 2.45) is 0 Å². The Hall–Kier alpha value is -2.79. The summed E-state index contributed by atoms with van der Waals surface area (Å²) >= 11 is 0. The quantitative estimate of drug-likeness (QED) is 0.640. The number of benzene rings is 2. The van der Waals surface area contributed by atoms with E-state index in [0.717, 1.165) is 29.3 Å². The topological polar surface area (TPSA) is 56.5 Å². The van der Waals surface area contributed by atoms with Crippen LogP contribution in [0.25, 0.3) is 0 Å². The van der Waals surface area contributed by atoms with Gasteiger partial charge in [0.2, 0.25) is 0 Å². The van der Waals surface area contributed by atoms with E-state index in [1.54, 1.807) is 0 Å². The lowest BCUT2D eigenvalue weighted by Gasteiger charge is -2.08. The summed E-state index contributed by atoms with van der Waals surface area (Å²) in [6.45, 7) is 4.55. The highest BCUT2D eigenvalue weighted by atomic mass is 16.5. The van der Waals surface area contributed by atoms with Crippen molar-refractivity contribution >= 4 is 0 Å². The number of ether oxygens (including phenoxy) is 2. The Morgan fingerprint density at radius 3 is 2.28 bits per heavy atom. The van der Waals surface area contributed by atoms with Crippen LogP contribution in [-0.4, -0.2) is 11.7 Å². The predicted molar refractivity (Wildman–Crippen MR) is 95.4 cm³/mol. The largest absolute Gasteiger partial charge is 0.489 e. The maximum Gasteiger partial charge on any atom is 0.174 e. The Morgan fingerprint density at radius 2 is 1.60 bits per heavy atom. The molecule has 1 N–H and O–H groups in total. The van der Waals surface area contributed by atoms with Gasteiger partial charge < -0.3 is 19.3 Å². The maximum absolute atomic E-state index is 5.76. The first-order chi connectivity index (χ1) is 12.3. The van der Waals surface area contributed by atoms with Gasteiger partial charge in [-0.15, -0.1) is 0 Å². The summed E-state index contributed by atoms with van der Waals surface area (Å²) in [6, 6.07) is 19.6. The third-order valence-corrected chi connectivity index (χ3v) is 3.62. The van der Waals surface area contributed by atoms with Gasteiger partial charge in [-0.1, -0.05) is 42.4 Å². The van der Waals surface area contributed by atoms with Gasteiger partial charge in [-0.25, -0.2) is 0 Å². The van der Waals surface area contributed by atoms with E-state index in [1.807, 2.05) is 60.7 Å². The van der Waals surface area contributed by atoms with Crippen LogP contribution in [-0.2, 0) is 19.8 Å². The summed E-state index contributed by atoms with van der Waals surface area (Å²) in [7, 11) is 0. The van der Waals surface area contributed by atoms with Gasteiger partial charge >= 0.3 is 0 Å². The first-order valence-corrected chi connectivity index (χ1v) is 8.38. The fourth-order valence-electron chi connectivity index (χ4n) is 2.29. The molecule has 3 rings (SSSR count). The van der Waals surface area contributed by atoms with Crippen LogP contribution in [0.5, 0.6) is 11.5 Å². The Bertz CT molecular complexity index is 754. The molecule has 0 amide bonds. The molecule has 0 unspecified atom stereocenters. The highest BCUT2D eigenvalue weighted by molar-refractivity contribution is 5.31. The number of aromatic nitrogens is 1. The van der Waals surface area contributed by atoms with Crippen LogP contribution < -0.4 is 14.8 Å². The van der Waals surface area contributed by atoms with Crippen LogP contribution in [0.1, 0.15) is 23.9 Å². The molecule has 130 valence electrons. The molecule has 0 spiro atoms. The van der Waals surface area contributed by atoms with Crippen LogP contribution in [0.4, 0.5) is 0 Å². The SMILES string of the molecule is CCNCc1cc(COc2ccc(OCc3ccccc3)cc2)on1. The van der Waals surface area contributed by atoms with Gasteiger partial charge in [-0.05, 0) is 36.4 Å². The zero-order chi connectivity index (χ0) is 17.3. The highest BCUT2D eigenvalue weighted by Crippen LogP contribution is 2.20. The monoisotopic (exact) mass is 338 g/mol. The molecule has 0 aliphatic rings. The van der Waals surface area contributed by atoms with Gasteiger partial charge in [0.05, 0.1) is 5.69 Å². The van der Waals surface area contributed by atoms with Crippen LogP contribution >= 0.6 is 0 Å². The van der Waals surface area contributed by atoms with Crippen molar-refractivity contribution in [2.75, 3.05) is 6.54 Å². The van der Waals surface area contributed by atoms with Gasteiger partial charge in [-0.3, -0.25) is 0 Å². The predicted octanol–water partition coefficient (Wildman–Crippen LogP) is 3.94. The average Bonchev–Trinajstić information content (AvgIpc) is 3.12. The summed E-state index contributed by atoms with van der Waals surface area (Å²) in [4.78, 5) is 0. The molecule has 0 saturated heterocycles.